The lowest BCUT2D eigenvalue weighted by Gasteiger charge is -2.09. The molecule has 0 bridgehead atoms. The van der Waals surface area contributed by atoms with Crippen molar-refractivity contribution < 1.29 is 19.4 Å². The second-order valence-electron chi connectivity index (χ2n) is 3.46. The summed E-state index contributed by atoms with van der Waals surface area (Å²) in [4.78, 5) is 22.9. The Hall–Kier alpha value is -2.48. The molecule has 0 aliphatic rings. The third-order valence-electron chi connectivity index (χ3n) is 2.30. The largest absolute Gasteiger partial charge is 0.497 e. The van der Waals surface area contributed by atoms with Gasteiger partial charge in [-0.05, 0) is 23.7 Å². The Labute approximate surface area is 112 Å². The summed E-state index contributed by atoms with van der Waals surface area (Å²) in [6.45, 7) is 0. The average molecular weight is 279 g/mol. The zero-order valence-corrected chi connectivity index (χ0v) is 10.6. The monoisotopic (exact) mass is 279 g/mol. The lowest BCUT2D eigenvalue weighted by Crippen LogP contribution is -2.15. The van der Waals surface area contributed by atoms with E-state index in [1.165, 1.54) is 30.7 Å². The number of amides is 1. The molecule has 0 saturated heterocycles. The number of rotatable bonds is 4. The molecule has 1 aromatic carbocycles. The number of nitrogens with zero attached hydrogens (tertiary/aromatic N) is 2. The van der Waals surface area contributed by atoms with Gasteiger partial charge < -0.3 is 15.2 Å². The van der Waals surface area contributed by atoms with E-state index in [0.29, 0.717) is 5.75 Å². The normalized spacial score (nSPS) is 9.95. The molecule has 0 atom stereocenters. The molecule has 0 fully saturated rings. The number of hydrogen-bond acceptors (Lipinski definition) is 6. The van der Waals surface area contributed by atoms with Crippen molar-refractivity contribution in [3.8, 4) is 5.75 Å². The van der Waals surface area contributed by atoms with Crippen LogP contribution in [0.25, 0.3) is 0 Å². The van der Waals surface area contributed by atoms with E-state index in [-0.39, 0.29) is 16.9 Å². The number of ether oxygens (including phenoxy) is 1. The van der Waals surface area contributed by atoms with Gasteiger partial charge in [-0.1, -0.05) is 4.49 Å². The second kappa shape index (κ2) is 5.44. The van der Waals surface area contributed by atoms with Crippen LogP contribution in [-0.2, 0) is 0 Å². The molecule has 19 heavy (non-hydrogen) atoms. The van der Waals surface area contributed by atoms with Crippen molar-refractivity contribution in [2.75, 3.05) is 12.4 Å². The molecule has 0 saturated carbocycles. The van der Waals surface area contributed by atoms with E-state index in [4.69, 9.17) is 9.84 Å². The zero-order chi connectivity index (χ0) is 13.8. The first-order valence-electron chi connectivity index (χ1n) is 5.11. The molecular formula is C11H9N3O4S. The van der Waals surface area contributed by atoms with Crippen LogP contribution < -0.4 is 10.1 Å². The Morgan fingerprint density at radius 1 is 1.42 bits per heavy atom. The maximum atomic E-state index is 11.8. The van der Waals surface area contributed by atoms with E-state index in [9.17, 15) is 9.59 Å². The van der Waals surface area contributed by atoms with E-state index >= 15 is 0 Å². The summed E-state index contributed by atoms with van der Waals surface area (Å²) < 4.78 is 8.56. The molecule has 98 valence electrons. The van der Waals surface area contributed by atoms with Crippen LogP contribution in [0.15, 0.2) is 23.6 Å². The molecule has 2 N–H and O–H groups in total. The maximum Gasteiger partial charge on any atom is 0.337 e. The van der Waals surface area contributed by atoms with Crippen LogP contribution in [0.5, 0.6) is 5.75 Å². The Kier molecular flexibility index (Phi) is 3.71. The van der Waals surface area contributed by atoms with Crippen molar-refractivity contribution in [2.24, 2.45) is 0 Å². The van der Waals surface area contributed by atoms with Crippen LogP contribution >= 0.6 is 11.5 Å². The van der Waals surface area contributed by atoms with Gasteiger partial charge in [0.05, 0.1) is 18.4 Å². The average Bonchev–Trinajstić information content (AvgIpc) is 2.92. The highest BCUT2D eigenvalue weighted by Gasteiger charge is 2.16. The van der Waals surface area contributed by atoms with Crippen molar-refractivity contribution in [2.45, 2.75) is 0 Å². The van der Waals surface area contributed by atoms with Gasteiger partial charge in [-0.3, -0.25) is 4.79 Å². The number of benzene rings is 1. The van der Waals surface area contributed by atoms with E-state index < -0.39 is 11.9 Å². The predicted octanol–water partition coefficient (Wildman–Crippen LogP) is 1.50. The Morgan fingerprint density at radius 2 is 2.21 bits per heavy atom. The molecule has 0 radical (unpaired) electrons. The topological polar surface area (TPSA) is 101 Å². The molecule has 8 heteroatoms. The summed E-state index contributed by atoms with van der Waals surface area (Å²) in [6.07, 6.45) is 0. The van der Waals surface area contributed by atoms with E-state index in [0.717, 1.165) is 11.5 Å². The quantitative estimate of drug-likeness (QED) is 0.879. The van der Waals surface area contributed by atoms with Gasteiger partial charge in [-0.25, -0.2) is 4.79 Å². The number of aromatic nitrogens is 2. The van der Waals surface area contributed by atoms with Crippen LogP contribution in [0.4, 0.5) is 5.69 Å². The highest BCUT2D eigenvalue weighted by atomic mass is 32.1. The van der Waals surface area contributed by atoms with Crippen LogP contribution in [0.3, 0.4) is 0 Å². The lowest BCUT2D eigenvalue weighted by molar-refractivity contribution is 0.0698. The van der Waals surface area contributed by atoms with Crippen molar-refractivity contribution in [3.63, 3.8) is 0 Å². The van der Waals surface area contributed by atoms with Gasteiger partial charge in [0.15, 0.2) is 5.69 Å². The molecule has 2 aromatic rings. The molecule has 0 aliphatic heterocycles. The van der Waals surface area contributed by atoms with Gasteiger partial charge in [0, 0.05) is 11.4 Å². The molecule has 2 rings (SSSR count). The first-order chi connectivity index (χ1) is 9.11. The van der Waals surface area contributed by atoms with Gasteiger partial charge in [0.25, 0.3) is 5.91 Å². The minimum atomic E-state index is -1.14. The van der Waals surface area contributed by atoms with Crippen molar-refractivity contribution >= 4 is 29.1 Å². The summed E-state index contributed by atoms with van der Waals surface area (Å²) in [6, 6.07) is 4.29. The molecule has 7 nitrogen and oxygen atoms in total. The molecular weight excluding hydrogens is 270 g/mol. The summed E-state index contributed by atoms with van der Waals surface area (Å²) >= 11 is 1.03. The molecule has 0 spiro atoms. The van der Waals surface area contributed by atoms with Gasteiger partial charge in [-0.2, -0.15) is 0 Å². The number of aromatic carboxylic acids is 1. The van der Waals surface area contributed by atoms with Crippen LogP contribution in [0, 0.1) is 0 Å². The molecule has 1 amide bonds. The third-order valence-corrected chi connectivity index (χ3v) is 2.80. The fourth-order valence-corrected chi connectivity index (χ4v) is 1.83. The first-order valence-corrected chi connectivity index (χ1v) is 5.95. The number of carboxylic acid groups (broad SMARTS) is 1. The minimum Gasteiger partial charge on any atom is -0.497 e. The number of carbonyl (C=O) groups excluding carboxylic acids is 1. The third kappa shape index (κ3) is 2.86. The van der Waals surface area contributed by atoms with Gasteiger partial charge in [-0.15, -0.1) is 5.10 Å². The highest BCUT2D eigenvalue weighted by Crippen LogP contribution is 2.23. The first kappa shape index (κ1) is 13.0. The van der Waals surface area contributed by atoms with Crippen molar-refractivity contribution in [1.82, 2.24) is 9.59 Å². The number of carbonyl (C=O) groups is 2. The number of carboxylic acids is 1. The SMILES string of the molecule is COc1ccc(C(=O)O)c(NC(=O)c2csnn2)c1. The molecule has 0 aliphatic carbocycles. The maximum absolute atomic E-state index is 11.8. The molecule has 1 heterocycles. The Bertz CT molecular complexity index is 612. The van der Waals surface area contributed by atoms with Crippen molar-refractivity contribution in [1.29, 1.82) is 0 Å². The number of hydrogen-bond donors (Lipinski definition) is 2. The Morgan fingerprint density at radius 3 is 2.79 bits per heavy atom. The van der Waals surface area contributed by atoms with Crippen LogP contribution in [0.1, 0.15) is 20.8 Å². The number of methoxy groups -OCH3 is 1. The Balaban J connectivity index is 2.32. The summed E-state index contributed by atoms with van der Waals surface area (Å²) in [5.41, 5.74) is 0.242. The van der Waals surface area contributed by atoms with Gasteiger partial charge >= 0.3 is 5.97 Å². The summed E-state index contributed by atoms with van der Waals surface area (Å²) in [7, 11) is 1.45. The van der Waals surface area contributed by atoms with Gasteiger partial charge in [0.2, 0.25) is 0 Å². The fourth-order valence-electron chi connectivity index (χ4n) is 1.39. The zero-order valence-electron chi connectivity index (χ0n) is 9.78. The smallest absolute Gasteiger partial charge is 0.337 e. The second-order valence-corrected chi connectivity index (χ2v) is 4.07. The van der Waals surface area contributed by atoms with E-state index in [1.54, 1.807) is 0 Å². The molecule has 0 unspecified atom stereocenters. The standard InChI is InChI=1S/C11H9N3O4S/c1-18-6-2-3-7(11(16)17)8(4-6)12-10(15)9-5-19-14-13-9/h2-5H,1H3,(H,12,15)(H,16,17). The highest BCUT2D eigenvalue weighted by molar-refractivity contribution is 7.03. The number of anilines is 1. The summed E-state index contributed by atoms with van der Waals surface area (Å²) in [5.74, 6) is -1.23. The summed E-state index contributed by atoms with van der Waals surface area (Å²) in [5, 5.41) is 16.6. The van der Waals surface area contributed by atoms with E-state index in [1.807, 2.05) is 0 Å². The predicted molar refractivity (Wildman–Crippen MR) is 67.8 cm³/mol. The molecule has 1 aromatic heterocycles. The van der Waals surface area contributed by atoms with Crippen LogP contribution in [0.2, 0.25) is 0 Å². The van der Waals surface area contributed by atoms with Crippen LogP contribution in [-0.4, -0.2) is 33.7 Å². The fraction of sp³-hybridized carbons (Fsp3) is 0.0909. The minimum absolute atomic E-state index is 0.0302. The van der Waals surface area contributed by atoms with E-state index in [2.05, 4.69) is 14.9 Å². The lowest BCUT2D eigenvalue weighted by atomic mass is 10.1. The number of nitrogens with one attached hydrogen (secondary N) is 1. The van der Waals surface area contributed by atoms with Crippen molar-refractivity contribution in [3.05, 3.63) is 34.8 Å². The van der Waals surface area contributed by atoms with Gasteiger partial charge in [0.1, 0.15) is 5.75 Å².